The Kier molecular flexibility index (Phi) is 3.15. The smallest absolute Gasteiger partial charge is 0.114 e. The molecule has 1 aromatic carbocycles. The van der Waals surface area contributed by atoms with E-state index in [1.54, 1.807) is 22.7 Å². The van der Waals surface area contributed by atoms with Gasteiger partial charge in [0.05, 0.1) is 11.7 Å². The van der Waals surface area contributed by atoms with Gasteiger partial charge in [0.1, 0.15) is 11.0 Å². The van der Waals surface area contributed by atoms with Crippen LogP contribution in [0.1, 0.15) is 0 Å². The Labute approximate surface area is 163 Å². The molecule has 0 aliphatic rings. The molecular formula is C18H8N2S5. The maximum absolute atomic E-state index is 4.63. The lowest BCUT2D eigenvalue weighted by molar-refractivity contribution is 1.64. The third-order valence-corrected chi connectivity index (χ3v) is 9.01. The average molecular weight is 413 g/mol. The Morgan fingerprint density at radius 1 is 0.600 bits per heavy atom. The van der Waals surface area contributed by atoms with Gasteiger partial charge in [0, 0.05) is 39.7 Å². The molecule has 2 nitrogen and oxygen atoms in total. The molecule has 0 spiro atoms. The molecule has 6 aromatic rings. The number of hydrogen-bond acceptors (Lipinski definition) is 7. The minimum atomic E-state index is 1.02. The number of thiophene rings is 4. The van der Waals surface area contributed by atoms with E-state index in [9.17, 15) is 0 Å². The highest BCUT2D eigenvalue weighted by Gasteiger charge is 2.16. The minimum Gasteiger partial charge on any atom is -0.172 e. The summed E-state index contributed by atoms with van der Waals surface area (Å²) in [6.45, 7) is 0. The molecule has 0 aliphatic heterocycles. The predicted molar refractivity (Wildman–Crippen MR) is 115 cm³/mol. The van der Waals surface area contributed by atoms with Crippen LogP contribution in [-0.2, 0) is 0 Å². The van der Waals surface area contributed by atoms with Crippen LogP contribution in [0.15, 0.2) is 47.2 Å². The van der Waals surface area contributed by atoms with E-state index in [4.69, 9.17) is 0 Å². The van der Waals surface area contributed by atoms with E-state index >= 15 is 0 Å². The molecule has 120 valence electrons. The van der Waals surface area contributed by atoms with Crippen molar-refractivity contribution in [3.8, 4) is 20.9 Å². The Hall–Kier alpha value is -1.64. The summed E-state index contributed by atoms with van der Waals surface area (Å²) >= 11 is 8.56. The Bertz CT molecular complexity index is 1200. The van der Waals surface area contributed by atoms with Crippen molar-refractivity contribution < 1.29 is 0 Å². The number of aromatic nitrogens is 2. The Morgan fingerprint density at radius 3 is 1.60 bits per heavy atom. The molecule has 5 heterocycles. The minimum absolute atomic E-state index is 1.02. The summed E-state index contributed by atoms with van der Waals surface area (Å²) in [6, 6.07) is 13.4. The fourth-order valence-electron chi connectivity index (χ4n) is 3.06. The lowest BCUT2D eigenvalue weighted by Gasteiger charge is -2.03. The molecule has 0 saturated heterocycles. The van der Waals surface area contributed by atoms with Gasteiger partial charge >= 0.3 is 0 Å². The molecule has 0 aliphatic carbocycles. The molecule has 6 rings (SSSR count). The first kappa shape index (κ1) is 14.5. The molecular weight excluding hydrogens is 405 g/mol. The lowest BCUT2D eigenvalue weighted by atomic mass is 10.1. The van der Waals surface area contributed by atoms with Crippen molar-refractivity contribution in [3.63, 3.8) is 0 Å². The summed E-state index contributed by atoms with van der Waals surface area (Å²) in [5, 5.41) is 4.30. The highest BCUT2D eigenvalue weighted by molar-refractivity contribution is 7.29. The van der Waals surface area contributed by atoms with Gasteiger partial charge in [0.25, 0.3) is 0 Å². The van der Waals surface area contributed by atoms with Gasteiger partial charge in [0.2, 0.25) is 0 Å². The molecule has 25 heavy (non-hydrogen) atoms. The van der Waals surface area contributed by atoms with Crippen molar-refractivity contribution in [1.82, 2.24) is 8.75 Å². The molecule has 0 bridgehead atoms. The fourth-order valence-corrected chi connectivity index (χ4v) is 7.90. The Morgan fingerprint density at radius 2 is 1.12 bits per heavy atom. The van der Waals surface area contributed by atoms with Crippen LogP contribution in [0.4, 0.5) is 0 Å². The zero-order chi connectivity index (χ0) is 16.4. The van der Waals surface area contributed by atoms with Crippen molar-refractivity contribution in [1.29, 1.82) is 0 Å². The van der Waals surface area contributed by atoms with E-state index < -0.39 is 0 Å². The van der Waals surface area contributed by atoms with Crippen molar-refractivity contribution in [2.45, 2.75) is 0 Å². The second kappa shape index (κ2) is 5.43. The lowest BCUT2D eigenvalue weighted by Crippen LogP contribution is -1.81. The maximum Gasteiger partial charge on any atom is 0.114 e. The van der Waals surface area contributed by atoms with Crippen LogP contribution in [0.2, 0.25) is 0 Å². The first-order valence-electron chi connectivity index (χ1n) is 7.57. The van der Waals surface area contributed by atoms with E-state index in [0.717, 1.165) is 11.0 Å². The van der Waals surface area contributed by atoms with Crippen molar-refractivity contribution >= 4 is 86.9 Å². The maximum atomic E-state index is 4.63. The highest BCUT2D eigenvalue weighted by Crippen LogP contribution is 2.43. The van der Waals surface area contributed by atoms with Gasteiger partial charge in [-0.05, 0) is 35.0 Å². The van der Waals surface area contributed by atoms with Crippen LogP contribution >= 0.6 is 57.1 Å². The van der Waals surface area contributed by atoms with Crippen molar-refractivity contribution in [2.75, 3.05) is 0 Å². The number of nitrogens with zero attached hydrogens (tertiary/aromatic N) is 2. The summed E-state index contributed by atoms with van der Waals surface area (Å²) in [5.41, 5.74) is 4.43. The number of benzene rings is 1. The largest absolute Gasteiger partial charge is 0.172 e. The van der Waals surface area contributed by atoms with Gasteiger partial charge in [-0.25, -0.2) is 0 Å². The molecule has 7 heteroatoms. The molecule has 0 N–H and O–H groups in total. The molecule has 0 atom stereocenters. The predicted octanol–water partition coefficient (Wildman–Crippen LogP) is 7.58. The van der Waals surface area contributed by atoms with Crippen LogP contribution < -0.4 is 0 Å². The summed E-state index contributed by atoms with van der Waals surface area (Å²) in [7, 11) is 0. The van der Waals surface area contributed by atoms with Gasteiger partial charge in [-0.3, -0.25) is 0 Å². The third-order valence-electron chi connectivity index (χ3n) is 4.23. The highest BCUT2D eigenvalue weighted by atomic mass is 32.1. The first-order valence-corrected chi connectivity index (χ1v) is 11.7. The van der Waals surface area contributed by atoms with Gasteiger partial charge in [-0.15, -0.1) is 45.3 Å². The summed E-state index contributed by atoms with van der Waals surface area (Å²) < 4.78 is 14.6. The van der Waals surface area contributed by atoms with E-state index in [2.05, 4.69) is 55.9 Å². The van der Waals surface area contributed by atoms with Crippen molar-refractivity contribution in [2.24, 2.45) is 0 Å². The number of fused-ring (bicyclic) bond motifs is 3. The van der Waals surface area contributed by atoms with Gasteiger partial charge in [-0.2, -0.15) is 8.75 Å². The molecule has 0 fully saturated rings. The van der Waals surface area contributed by atoms with Gasteiger partial charge < -0.3 is 0 Å². The summed E-state index contributed by atoms with van der Waals surface area (Å²) in [5.74, 6) is 0. The second-order valence-electron chi connectivity index (χ2n) is 5.64. The van der Waals surface area contributed by atoms with E-state index in [0.29, 0.717) is 0 Å². The monoisotopic (exact) mass is 412 g/mol. The summed E-state index contributed by atoms with van der Waals surface area (Å²) in [4.78, 5) is 2.55. The molecule has 0 amide bonds. The molecule has 5 aromatic heterocycles. The standard InChI is InChI=1S/C18H8N2S5/c1-2-10(14-8-16-12(24-14)4-6-22-16)18-17(19-25-20-18)9(1)13-7-15-11(23-13)3-5-21-15/h1-8H. The van der Waals surface area contributed by atoms with Crippen molar-refractivity contribution in [3.05, 3.63) is 47.2 Å². The van der Waals surface area contributed by atoms with Crippen LogP contribution in [0.3, 0.4) is 0 Å². The van der Waals surface area contributed by atoms with Crippen LogP contribution in [0.5, 0.6) is 0 Å². The average Bonchev–Trinajstić information content (AvgIpc) is 3.35. The molecule has 0 saturated carbocycles. The molecule has 0 radical (unpaired) electrons. The quantitative estimate of drug-likeness (QED) is 0.293. The van der Waals surface area contributed by atoms with Crippen LogP contribution in [0.25, 0.3) is 50.7 Å². The third kappa shape index (κ3) is 2.17. The summed E-state index contributed by atoms with van der Waals surface area (Å²) in [6.07, 6.45) is 0. The second-order valence-corrected chi connectivity index (χ2v) is 10.2. The normalized spacial score (nSPS) is 12.0. The molecule has 0 unspecified atom stereocenters. The van der Waals surface area contributed by atoms with E-state index in [1.165, 1.54) is 51.4 Å². The zero-order valence-electron chi connectivity index (χ0n) is 12.6. The van der Waals surface area contributed by atoms with Crippen LogP contribution in [0, 0.1) is 0 Å². The number of rotatable bonds is 2. The Balaban J connectivity index is 1.58. The van der Waals surface area contributed by atoms with Crippen LogP contribution in [-0.4, -0.2) is 8.75 Å². The number of hydrogen-bond donors (Lipinski definition) is 0. The first-order chi connectivity index (χ1) is 12.4. The SMILES string of the molecule is c1cc2sc(-c3ccc(-c4cc5sccc5s4)c4nsnc34)cc2s1. The fraction of sp³-hybridized carbons (Fsp3) is 0. The zero-order valence-corrected chi connectivity index (χ0v) is 16.6. The topological polar surface area (TPSA) is 25.8 Å². The van der Waals surface area contributed by atoms with Gasteiger partial charge in [0.15, 0.2) is 0 Å². The van der Waals surface area contributed by atoms with E-state index in [1.807, 2.05) is 22.7 Å². The van der Waals surface area contributed by atoms with E-state index in [-0.39, 0.29) is 0 Å². The van der Waals surface area contributed by atoms with Gasteiger partial charge in [-0.1, -0.05) is 12.1 Å².